The van der Waals surface area contributed by atoms with E-state index >= 15 is 0 Å². The minimum Gasteiger partial charge on any atom is -0.507 e. The fourth-order valence-electron chi connectivity index (χ4n) is 10.3. The quantitative estimate of drug-likeness (QED) is 0.162. The van der Waals surface area contributed by atoms with E-state index in [0.29, 0.717) is 17.0 Å². The van der Waals surface area contributed by atoms with E-state index in [9.17, 15) is 5.11 Å². The molecule has 10 aromatic rings. The van der Waals surface area contributed by atoms with Crippen molar-refractivity contribution in [1.29, 1.82) is 0 Å². The number of phenols is 1. The molecule has 7 heteroatoms. The van der Waals surface area contributed by atoms with Crippen molar-refractivity contribution in [3.05, 3.63) is 192 Å². The fourth-order valence-corrected chi connectivity index (χ4v) is 10.3. The van der Waals surface area contributed by atoms with Crippen molar-refractivity contribution in [2.45, 2.75) is 131 Å². The Morgan fingerprint density at radius 2 is 0.895 bits per heavy atom. The average molecular weight is 1180 g/mol. The molecule has 0 aliphatic rings. The molecule has 3 aromatic heterocycles. The second kappa shape index (κ2) is 19.6. The molecule has 7 aromatic carbocycles. The molecule has 6 nitrogen and oxygen atoms in total. The summed E-state index contributed by atoms with van der Waals surface area (Å²) in [6.07, 6.45) is 1.82. The predicted molar refractivity (Wildman–Crippen MR) is 315 cm³/mol. The number of rotatable bonds is 7. The van der Waals surface area contributed by atoms with E-state index in [1.165, 1.54) is 11.1 Å². The topological polar surface area (TPSA) is 68.8 Å². The van der Waals surface area contributed by atoms with Crippen LogP contribution >= 0.6 is 0 Å². The van der Waals surface area contributed by atoms with Crippen LogP contribution in [0.1, 0.15) is 132 Å². The largest absolute Gasteiger partial charge is 0.507 e. The van der Waals surface area contributed by atoms with E-state index in [-0.39, 0.29) is 53.9 Å². The molecule has 0 aliphatic carbocycles. The van der Waals surface area contributed by atoms with Crippen molar-refractivity contribution in [1.82, 2.24) is 24.1 Å². The van der Waals surface area contributed by atoms with Gasteiger partial charge in [0.2, 0.25) is 0 Å². The number of pyridine rings is 1. The molecule has 0 saturated carbocycles. The van der Waals surface area contributed by atoms with Crippen LogP contribution in [0.15, 0.2) is 158 Å². The van der Waals surface area contributed by atoms with Crippen LogP contribution in [0.3, 0.4) is 0 Å². The van der Waals surface area contributed by atoms with Crippen LogP contribution < -0.4 is 0 Å². The molecular weight excluding hydrogens is 1110 g/mol. The molecule has 0 radical (unpaired) electrons. The van der Waals surface area contributed by atoms with E-state index in [1.807, 2.05) is 12.3 Å². The minimum absolute atomic E-state index is 0. The Hall–Kier alpha value is -6.88. The van der Waals surface area contributed by atoms with Crippen molar-refractivity contribution in [2.75, 3.05) is 0 Å². The van der Waals surface area contributed by atoms with Gasteiger partial charge in [-0.15, -0.1) is 29.3 Å². The standard InChI is InChI=1S/C69H72N5O.Pt/c1-65(2,3)47-31-33-56(52(39-47)43-24-18-16-19-25-43)73-58-29-22-28-51(60(58)71-64(73)54-41-50(68(10,11)12)42-55(61(54)75)69(13,14)15)45-36-46(38-49(37-45)67(7,8)9)63-72-62-59(30-23-35-70-62)74(63)57-34-32-48(66(4,5)6)40-53(57)44-26-20-17-21-27-44;/h16-35,37-42,75H,1-15H3;/q-1;. The zero-order valence-corrected chi connectivity index (χ0v) is 49.3. The van der Waals surface area contributed by atoms with Crippen molar-refractivity contribution in [2.24, 2.45) is 0 Å². The first kappa shape index (κ1) is 53.9. The summed E-state index contributed by atoms with van der Waals surface area (Å²) in [6.45, 7) is 33.6. The van der Waals surface area contributed by atoms with Crippen LogP contribution in [0.25, 0.3) is 89.7 Å². The van der Waals surface area contributed by atoms with Gasteiger partial charge in [-0.3, -0.25) is 4.57 Å². The molecule has 0 fully saturated rings. The number of hydrogen-bond donors (Lipinski definition) is 1. The first-order valence-corrected chi connectivity index (χ1v) is 26.5. The Kier molecular flexibility index (Phi) is 13.9. The third-order valence-electron chi connectivity index (χ3n) is 14.8. The SMILES string of the molecule is CC(C)(C)c1cc(-c2cccc3c2nc(-c2cc(C(C)(C)C)cc(C(C)(C)C)c2O)n3-c2ccc(C(C)(C)C)cc2-c2ccccc2)[c-]c(-c2nc3ncccc3n2-c2ccc(C(C)(C)C)cc2-c2ccccc2)c1.[Pt]. The summed E-state index contributed by atoms with van der Waals surface area (Å²) in [5.41, 5.74) is 17.7. The van der Waals surface area contributed by atoms with Gasteiger partial charge in [-0.05, 0) is 103 Å². The van der Waals surface area contributed by atoms with Crippen LogP contribution in [0.5, 0.6) is 5.75 Å². The maximum absolute atomic E-state index is 12.7. The average Bonchev–Trinajstić information content (AvgIpc) is 3.94. The molecule has 0 bridgehead atoms. The molecule has 0 amide bonds. The number of hydrogen-bond acceptors (Lipinski definition) is 4. The van der Waals surface area contributed by atoms with E-state index < -0.39 is 0 Å². The van der Waals surface area contributed by atoms with Crippen LogP contribution in [0.4, 0.5) is 0 Å². The van der Waals surface area contributed by atoms with Gasteiger partial charge in [-0.2, -0.15) is 0 Å². The molecule has 1 N–H and O–H groups in total. The van der Waals surface area contributed by atoms with Gasteiger partial charge in [0.15, 0.2) is 5.65 Å². The second-order valence-electron chi connectivity index (χ2n) is 25.6. The third-order valence-corrected chi connectivity index (χ3v) is 14.8. The summed E-state index contributed by atoms with van der Waals surface area (Å²) in [7, 11) is 0. The van der Waals surface area contributed by atoms with Crippen molar-refractivity contribution in [3.8, 4) is 73.3 Å². The minimum atomic E-state index is -0.354. The summed E-state index contributed by atoms with van der Waals surface area (Å²) in [6, 6.07) is 58.4. The van der Waals surface area contributed by atoms with Gasteiger partial charge >= 0.3 is 0 Å². The van der Waals surface area contributed by atoms with Gasteiger partial charge in [0.25, 0.3) is 0 Å². The summed E-state index contributed by atoms with van der Waals surface area (Å²) in [5.74, 6) is 1.65. The van der Waals surface area contributed by atoms with Crippen molar-refractivity contribution < 1.29 is 26.2 Å². The Balaban J connectivity index is 0.00000706. The number of aromatic hydroxyl groups is 1. The number of imidazole rings is 2. The van der Waals surface area contributed by atoms with E-state index in [1.54, 1.807) is 0 Å². The molecule has 10 rings (SSSR count). The number of phenolic OH excluding ortho intramolecular Hbond substituents is 1. The van der Waals surface area contributed by atoms with Crippen molar-refractivity contribution >= 4 is 22.2 Å². The summed E-state index contributed by atoms with van der Waals surface area (Å²) in [4.78, 5) is 16.0. The number of fused-ring (bicyclic) bond motifs is 2. The summed E-state index contributed by atoms with van der Waals surface area (Å²) < 4.78 is 4.56. The molecule has 0 aliphatic heterocycles. The van der Waals surface area contributed by atoms with Gasteiger partial charge in [0.05, 0.1) is 33.6 Å². The van der Waals surface area contributed by atoms with Crippen molar-refractivity contribution in [3.63, 3.8) is 0 Å². The predicted octanol–water partition coefficient (Wildman–Crippen LogP) is 18.1. The summed E-state index contributed by atoms with van der Waals surface area (Å²) >= 11 is 0. The van der Waals surface area contributed by atoms with Gasteiger partial charge in [0.1, 0.15) is 11.6 Å². The number of benzene rings is 7. The third kappa shape index (κ3) is 10.1. The van der Waals surface area contributed by atoms with Crippen LogP contribution in [-0.2, 0) is 48.1 Å². The fraction of sp³-hybridized carbons (Fsp3) is 0.290. The van der Waals surface area contributed by atoms with E-state index in [0.717, 1.165) is 89.4 Å². The molecule has 0 spiro atoms. The molecule has 0 saturated heterocycles. The summed E-state index contributed by atoms with van der Waals surface area (Å²) in [5, 5.41) is 12.7. The molecule has 390 valence electrons. The Morgan fingerprint density at radius 1 is 0.408 bits per heavy atom. The zero-order chi connectivity index (χ0) is 53.6. The van der Waals surface area contributed by atoms with E-state index in [4.69, 9.17) is 15.0 Å². The smallest absolute Gasteiger partial charge is 0.170 e. The second-order valence-corrected chi connectivity index (χ2v) is 25.6. The Morgan fingerprint density at radius 3 is 1.42 bits per heavy atom. The normalized spacial score (nSPS) is 12.6. The van der Waals surface area contributed by atoms with Gasteiger partial charge in [-0.1, -0.05) is 206 Å². The van der Waals surface area contributed by atoms with Crippen LogP contribution in [-0.4, -0.2) is 29.2 Å². The zero-order valence-electron chi connectivity index (χ0n) is 47.0. The molecule has 0 unspecified atom stereocenters. The number of aromatic nitrogens is 5. The number of nitrogens with zero attached hydrogens (tertiary/aromatic N) is 5. The molecule has 0 atom stereocenters. The van der Waals surface area contributed by atoms with Gasteiger partial charge in [-0.25, -0.2) is 15.0 Å². The van der Waals surface area contributed by atoms with Crippen LogP contribution in [0.2, 0.25) is 0 Å². The van der Waals surface area contributed by atoms with Gasteiger partial charge in [0, 0.05) is 49.6 Å². The first-order chi connectivity index (χ1) is 35.3. The molecule has 3 heterocycles. The monoisotopic (exact) mass is 1180 g/mol. The van der Waals surface area contributed by atoms with E-state index in [2.05, 4.69) is 265 Å². The Bertz CT molecular complexity index is 3790. The molecular formula is C69H72N5OPt-. The Labute approximate surface area is 465 Å². The molecule has 76 heavy (non-hydrogen) atoms. The maximum atomic E-state index is 12.7. The van der Waals surface area contributed by atoms with Crippen LogP contribution in [0, 0.1) is 6.07 Å². The maximum Gasteiger partial charge on any atom is 0.170 e. The van der Waals surface area contributed by atoms with Gasteiger partial charge < -0.3 is 9.67 Å². The first-order valence-electron chi connectivity index (χ1n) is 26.5. The number of para-hydroxylation sites is 1.